The van der Waals surface area contributed by atoms with E-state index in [9.17, 15) is 9.59 Å². The molecule has 238 valence electrons. The lowest BCUT2D eigenvalue weighted by Crippen LogP contribution is -2.27. The number of esters is 1. The summed E-state index contributed by atoms with van der Waals surface area (Å²) in [4.78, 5) is 36.3. The molecule has 2 N–H and O–H groups in total. The largest absolute Gasteiger partial charge is 0.497 e. The molecule has 0 radical (unpaired) electrons. The predicted octanol–water partition coefficient (Wildman–Crippen LogP) is 8.27. The smallest absolute Gasteiger partial charge is 0.341 e. The molecular weight excluding hydrogens is 607 g/mol. The minimum atomic E-state index is -0.500. The number of fused-ring (bicyclic) bond motifs is 1. The van der Waals surface area contributed by atoms with Gasteiger partial charge in [-0.15, -0.1) is 11.3 Å². The number of thioether (sulfide) groups is 1. The maximum atomic E-state index is 13.6. The van der Waals surface area contributed by atoms with Crippen molar-refractivity contribution in [3.05, 3.63) is 64.5 Å². The normalized spacial score (nSPS) is 15.2. The van der Waals surface area contributed by atoms with E-state index >= 15 is 0 Å². The second-order valence-corrected chi connectivity index (χ2v) is 14.6. The van der Waals surface area contributed by atoms with Gasteiger partial charge in [-0.25, -0.2) is 9.78 Å². The molecule has 45 heavy (non-hydrogen) atoms. The highest BCUT2D eigenvalue weighted by Crippen LogP contribution is 2.45. The van der Waals surface area contributed by atoms with Crippen LogP contribution in [0.25, 0.3) is 22.5 Å². The van der Waals surface area contributed by atoms with Crippen LogP contribution in [0.4, 0.5) is 5.00 Å². The monoisotopic (exact) mass is 647 g/mol. The first kappa shape index (κ1) is 32.6. The number of ether oxygens (including phenoxy) is 3. The number of aromatic amines is 1. The zero-order valence-corrected chi connectivity index (χ0v) is 28.5. The molecule has 8 nitrogen and oxygen atoms in total. The summed E-state index contributed by atoms with van der Waals surface area (Å²) >= 11 is 2.84. The number of nitrogens with zero attached hydrogens (tertiary/aromatic N) is 1. The number of hydrogen-bond donors (Lipinski definition) is 2. The summed E-state index contributed by atoms with van der Waals surface area (Å²) in [6, 6.07) is 15.5. The number of anilines is 1. The van der Waals surface area contributed by atoms with E-state index in [1.165, 1.54) is 28.0 Å². The lowest BCUT2D eigenvalue weighted by Gasteiger charge is -2.33. The fourth-order valence-corrected chi connectivity index (χ4v) is 7.72. The van der Waals surface area contributed by atoms with Crippen molar-refractivity contribution in [1.82, 2.24) is 9.97 Å². The Kier molecular flexibility index (Phi) is 9.94. The Balaban J connectivity index is 1.41. The Bertz CT molecular complexity index is 1590. The molecule has 5 rings (SSSR count). The SMILES string of the molecule is CCOC(=O)c1c(NC(=O)C(C)Sc2nc(-c3ccc(OC)cc3)c(-c3ccc(OC)cc3)[nH]2)sc2c1CCC(C(C)(C)C)C2. The van der Waals surface area contributed by atoms with Crippen molar-refractivity contribution < 1.29 is 23.8 Å². The number of benzene rings is 2. The molecule has 1 aliphatic rings. The summed E-state index contributed by atoms with van der Waals surface area (Å²) in [7, 11) is 3.27. The van der Waals surface area contributed by atoms with Gasteiger partial charge in [0.05, 0.1) is 43.0 Å². The van der Waals surface area contributed by atoms with E-state index in [1.807, 2.05) is 55.5 Å². The minimum Gasteiger partial charge on any atom is -0.497 e. The number of rotatable bonds is 10. The van der Waals surface area contributed by atoms with E-state index < -0.39 is 5.25 Å². The molecule has 1 amide bonds. The Morgan fingerprint density at radius 3 is 2.24 bits per heavy atom. The van der Waals surface area contributed by atoms with Crippen molar-refractivity contribution in [3.63, 3.8) is 0 Å². The minimum absolute atomic E-state index is 0.165. The van der Waals surface area contributed by atoms with E-state index in [0.717, 1.165) is 58.8 Å². The average Bonchev–Trinajstić information content (AvgIpc) is 3.61. The molecule has 1 aliphatic carbocycles. The Labute approximate surface area is 273 Å². The van der Waals surface area contributed by atoms with E-state index in [2.05, 4.69) is 31.1 Å². The van der Waals surface area contributed by atoms with Crippen LogP contribution in [0.5, 0.6) is 11.5 Å². The molecule has 0 aliphatic heterocycles. The van der Waals surface area contributed by atoms with E-state index in [-0.39, 0.29) is 23.9 Å². The number of nitrogens with one attached hydrogen (secondary N) is 2. The van der Waals surface area contributed by atoms with Crippen molar-refractivity contribution >= 4 is 40.0 Å². The number of imidazole rings is 1. The van der Waals surface area contributed by atoms with Crippen molar-refractivity contribution in [2.45, 2.75) is 64.3 Å². The quantitative estimate of drug-likeness (QED) is 0.132. The van der Waals surface area contributed by atoms with Crippen LogP contribution < -0.4 is 14.8 Å². The highest BCUT2D eigenvalue weighted by molar-refractivity contribution is 8.00. The lowest BCUT2D eigenvalue weighted by molar-refractivity contribution is -0.115. The van der Waals surface area contributed by atoms with Crippen LogP contribution in [0, 0.1) is 11.3 Å². The van der Waals surface area contributed by atoms with Gasteiger partial charge in [0.2, 0.25) is 5.91 Å². The highest BCUT2D eigenvalue weighted by Gasteiger charge is 2.35. The van der Waals surface area contributed by atoms with Gasteiger partial charge in [0, 0.05) is 16.0 Å². The Morgan fingerprint density at radius 1 is 1.04 bits per heavy atom. The lowest BCUT2D eigenvalue weighted by atomic mass is 9.72. The Morgan fingerprint density at radius 2 is 1.67 bits per heavy atom. The number of carbonyl (C=O) groups excluding carboxylic acids is 2. The van der Waals surface area contributed by atoms with Gasteiger partial charge in [-0.1, -0.05) is 32.5 Å². The number of hydrogen-bond acceptors (Lipinski definition) is 8. The van der Waals surface area contributed by atoms with Gasteiger partial charge in [-0.2, -0.15) is 0 Å². The van der Waals surface area contributed by atoms with Gasteiger partial charge in [0.1, 0.15) is 16.5 Å². The summed E-state index contributed by atoms with van der Waals surface area (Å²) in [6.07, 6.45) is 2.70. The first-order chi connectivity index (χ1) is 21.5. The molecule has 2 aromatic heterocycles. The first-order valence-electron chi connectivity index (χ1n) is 15.2. The van der Waals surface area contributed by atoms with E-state index in [1.54, 1.807) is 21.1 Å². The number of thiophene rings is 1. The van der Waals surface area contributed by atoms with Crippen molar-refractivity contribution in [2.24, 2.45) is 11.3 Å². The average molecular weight is 648 g/mol. The fraction of sp³-hybridized carbons (Fsp3) is 0.400. The van der Waals surface area contributed by atoms with Crippen molar-refractivity contribution in [1.29, 1.82) is 0 Å². The maximum absolute atomic E-state index is 13.6. The number of H-pyrrole nitrogens is 1. The third kappa shape index (κ3) is 7.23. The molecule has 0 saturated carbocycles. The second kappa shape index (κ2) is 13.7. The zero-order valence-electron chi connectivity index (χ0n) is 26.9. The summed E-state index contributed by atoms with van der Waals surface area (Å²) in [6.45, 7) is 10.7. The molecule has 2 aromatic carbocycles. The summed E-state index contributed by atoms with van der Waals surface area (Å²) in [5.74, 6) is 1.45. The molecule has 0 fully saturated rings. The van der Waals surface area contributed by atoms with Crippen LogP contribution in [-0.4, -0.2) is 47.9 Å². The summed E-state index contributed by atoms with van der Waals surface area (Å²) in [5, 5.41) is 3.76. The van der Waals surface area contributed by atoms with Crippen LogP contribution in [0.1, 0.15) is 61.8 Å². The molecular formula is C35H41N3O5S2. The third-order valence-corrected chi connectivity index (χ3v) is 10.4. The molecule has 2 atom stereocenters. The van der Waals surface area contributed by atoms with Crippen molar-refractivity contribution in [2.75, 3.05) is 26.1 Å². The number of amides is 1. The van der Waals surface area contributed by atoms with E-state index in [0.29, 0.717) is 21.6 Å². The van der Waals surface area contributed by atoms with Gasteiger partial charge >= 0.3 is 5.97 Å². The fourth-order valence-electron chi connectivity index (χ4n) is 5.60. The van der Waals surface area contributed by atoms with Gasteiger partial charge in [-0.05, 0) is 98.5 Å². The maximum Gasteiger partial charge on any atom is 0.341 e. The first-order valence-corrected chi connectivity index (χ1v) is 16.9. The van der Waals surface area contributed by atoms with Crippen LogP contribution >= 0.6 is 23.1 Å². The predicted molar refractivity (Wildman–Crippen MR) is 182 cm³/mol. The zero-order chi connectivity index (χ0) is 32.3. The standard InChI is InChI=1S/C35H41N3O5S2/c1-8-43-33(40)28-26-18-13-23(35(3,4)5)19-27(26)45-32(28)38-31(39)20(2)44-34-36-29(21-9-14-24(41-6)15-10-21)30(37-34)22-11-16-25(42-7)17-12-22/h9-12,14-17,20,23H,8,13,18-19H2,1-7H3,(H,36,37)(H,38,39). The molecule has 0 spiro atoms. The van der Waals surface area contributed by atoms with Gasteiger partial charge < -0.3 is 24.5 Å². The van der Waals surface area contributed by atoms with Gasteiger partial charge in [-0.3, -0.25) is 4.79 Å². The van der Waals surface area contributed by atoms with Crippen LogP contribution in [0.2, 0.25) is 0 Å². The molecule has 2 unspecified atom stereocenters. The van der Waals surface area contributed by atoms with Gasteiger partial charge in [0.25, 0.3) is 0 Å². The Hall–Kier alpha value is -3.76. The topological polar surface area (TPSA) is 103 Å². The molecule has 2 heterocycles. The highest BCUT2D eigenvalue weighted by atomic mass is 32.2. The third-order valence-electron chi connectivity index (χ3n) is 8.29. The number of carbonyl (C=O) groups is 2. The van der Waals surface area contributed by atoms with Crippen LogP contribution in [-0.2, 0) is 22.4 Å². The van der Waals surface area contributed by atoms with Crippen molar-refractivity contribution in [3.8, 4) is 34.0 Å². The van der Waals surface area contributed by atoms with Crippen LogP contribution in [0.15, 0.2) is 53.7 Å². The summed E-state index contributed by atoms with van der Waals surface area (Å²) in [5.41, 5.74) is 5.15. The molecule has 10 heteroatoms. The number of aromatic nitrogens is 2. The molecule has 4 aromatic rings. The molecule has 0 saturated heterocycles. The summed E-state index contributed by atoms with van der Waals surface area (Å²) < 4.78 is 16.1. The van der Waals surface area contributed by atoms with E-state index in [4.69, 9.17) is 19.2 Å². The number of methoxy groups -OCH3 is 2. The van der Waals surface area contributed by atoms with Crippen LogP contribution in [0.3, 0.4) is 0 Å². The second-order valence-electron chi connectivity index (χ2n) is 12.2. The molecule has 0 bridgehead atoms. The van der Waals surface area contributed by atoms with Gasteiger partial charge in [0.15, 0.2) is 5.16 Å².